The van der Waals surface area contributed by atoms with E-state index in [9.17, 15) is 0 Å². The minimum absolute atomic E-state index is 0.0537. The highest BCUT2D eigenvalue weighted by Gasteiger charge is 2.36. The molecule has 1 aromatic heterocycles. The number of rotatable bonds is 5. The first kappa shape index (κ1) is 14.0. The highest BCUT2D eigenvalue weighted by Crippen LogP contribution is 2.45. The molecule has 5 heteroatoms. The van der Waals surface area contributed by atoms with E-state index in [-0.39, 0.29) is 5.54 Å². The van der Waals surface area contributed by atoms with Crippen LogP contribution in [0.5, 0.6) is 0 Å². The Morgan fingerprint density at radius 2 is 2.14 bits per heavy atom. The van der Waals surface area contributed by atoms with E-state index < -0.39 is 0 Å². The highest BCUT2D eigenvalue weighted by molar-refractivity contribution is 7.15. The maximum atomic E-state index is 5.64. The van der Waals surface area contributed by atoms with Crippen LogP contribution in [0.2, 0.25) is 0 Å². The predicted octanol–water partition coefficient (Wildman–Crippen LogP) is 2.89. The first-order valence-corrected chi connectivity index (χ1v) is 9.03. The molecule has 0 aromatic carbocycles. The van der Waals surface area contributed by atoms with E-state index >= 15 is 0 Å². The summed E-state index contributed by atoms with van der Waals surface area (Å²) in [5.41, 5.74) is 1.43. The van der Waals surface area contributed by atoms with E-state index in [0.717, 1.165) is 38.3 Å². The summed E-state index contributed by atoms with van der Waals surface area (Å²) in [6.07, 6.45) is 5.35. The Labute approximate surface area is 130 Å². The summed E-state index contributed by atoms with van der Waals surface area (Å²) in [7, 11) is 0. The van der Waals surface area contributed by atoms with Crippen molar-refractivity contribution in [1.82, 2.24) is 10.3 Å². The zero-order valence-corrected chi connectivity index (χ0v) is 13.8. The van der Waals surface area contributed by atoms with E-state index in [0.29, 0.717) is 0 Å². The number of aromatic nitrogens is 1. The molecule has 4 rings (SSSR count). The summed E-state index contributed by atoms with van der Waals surface area (Å²) >= 11 is 1.90. The topological polar surface area (TPSA) is 37.4 Å². The van der Waals surface area contributed by atoms with Crippen molar-refractivity contribution in [2.45, 2.75) is 63.6 Å². The molecule has 2 saturated carbocycles. The van der Waals surface area contributed by atoms with Gasteiger partial charge in [0.15, 0.2) is 5.13 Å². The van der Waals surface area contributed by atoms with E-state index in [4.69, 9.17) is 9.72 Å². The van der Waals surface area contributed by atoms with Crippen LogP contribution in [-0.4, -0.2) is 36.3 Å². The van der Waals surface area contributed by atoms with Crippen molar-refractivity contribution < 1.29 is 4.74 Å². The van der Waals surface area contributed by atoms with Gasteiger partial charge in [-0.2, -0.15) is 0 Å². The lowest BCUT2D eigenvalue weighted by Gasteiger charge is -2.42. The molecule has 0 radical (unpaired) electrons. The lowest BCUT2D eigenvalue weighted by Crippen LogP contribution is -2.53. The van der Waals surface area contributed by atoms with Gasteiger partial charge in [-0.3, -0.25) is 0 Å². The van der Waals surface area contributed by atoms with Gasteiger partial charge in [-0.1, -0.05) is 0 Å². The zero-order chi connectivity index (χ0) is 14.4. The average Bonchev–Trinajstić information content (AvgIpc) is 3.35. The van der Waals surface area contributed by atoms with Crippen LogP contribution in [-0.2, 0) is 11.3 Å². The molecule has 2 heterocycles. The number of anilines is 1. The Morgan fingerprint density at radius 1 is 1.33 bits per heavy atom. The summed E-state index contributed by atoms with van der Waals surface area (Å²) in [4.78, 5) is 8.96. The monoisotopic (exact) mass is 307 g/mol. The van der Waals surface area contributed by atoms with Crippen molar-refractivity contribution in [3.05, 3.63) is 10.6 Å². The van der Waals surface area contributed by atoms with Crippen molar-refractivity contribution in [1.29, 1.82) is 0 Å². The number of hydrogen-bond donors (Lipinski definition) is 1. The number of thiazole rings is 1. The maximum absolute atomic E-state index is 5.64. The Morgan fingerprint density at radius 3 is 2.81 bits per heavy atom. The molecule has 21 heavy (non-hydrogen) atoms. The predicted molar refractivity (Wildman–Crippen MR) is 86.2 cm³/mol. The quantitative estimate of drug-likeness (QED) is 0.907. The average molecular weight is 307 g/mol. The van der Waals surface area contributed by atoms with Crippen LogP contribution in [0.1, 0.15) is 56.0 Å². The second-order valence-corrected chi connectivity index (χ2v) is 8.31. The molecular weight excluding hydrogens is 282 g/mol. The second kappa shape index (κ2) is 5.21. The highest BCUT2D eigenvalue weighted by atomic mass is 32.1. The first-order valence-electron chi connectivity index (χ1n) is 8.22. The van der Waals surface area contributed by atoms with Crippen molar-refractivity contribution in [3.63, 3.8) is 0 Å². The molecule has 2 aliphatic carbocycles. The molecule has 1 N–H and O–H groups in total. The summed E-state index contributed by atoms with van der Waals surface area (Å²) in [6, 6.07) is 0.766. The summed E-state index contributed by atoms with van der Waals surface area (Å²) < 4.78 is 5.64. The SMILES string of the molecule is CC1(C)COCCN1c1nc(C2CC2)c(CNC2CC2)s1. The smallest absolute Gasteiger partial charge is 0.186 e. The van der Waals surface area contributed by atoms with Crippen LogP contribution in [0.3, 0.4) is 0 Å². The van der Waals surface area contributed by atoms with Gasteiger partial charge in [0, 0.05) is 29.9 Å². The van der Waals surface area contributed by atoms with E-state index in [2.05, 4.69) is 24.1 Å². The molecule has 4 nitrogen and oxygen atoms in total. The Balaban J connectivity index is 1.57. The summed E-state index contributed by atoms with van der Waals surface area (Å²) in [6.45, 7) is 8.09. The molecular formula is C16H25N3OS. The minimum Gasteiger partial charge on any atom is -0.377 e. The van der Waals surface area contributed by atoms with Crippen LogP contribution >= 0.6 is 11.3 Å². The van der Waals surface area contributed by atoms with Crippen LogP contribution in [0.25, 0.3) is 0 Å². The van der Waals surface area contributed by atoms with Gasteiger partial charge in [0.25, 0.3) is 0 Å². The van der Waals surface area contributed by atoms with Gasteiger partial charge in [-0.25, -0.2) is 4.98 Å². The van der Waals surface area contributed by atoms with Crippen LogP contribution in [0.15, 0.2) is 0 Å². The lowest BCUT2D eigenvalue weighted by molar-refractivity contribution is 0.0643. The second-order valence-electron chi connectivity index (χ2n) is 7.25. The lowest BCUT2D eigenvalue weighted by atomic mass is 10.0. The number of ether oxygens (including phenoxy) is 1. The Kier molecular flexibility index (Phi) is 3.47. The molecule has 3 aliphatic rings. The van der Waals surface area contributed by atoms with Crippen LogP contribution in [0.4, 0.5) is 5.13 Å². The van der Waals surface area contributed by atoms with E-state index in [1.807, 2.05) is 11.3 Å². The minimum atomic E-state index is 0.0537. The van der Waals surface area contributed by atoms with Gasteiger partial charge in [0.05, 0.1) is 24.4 Å². The summed E-state index contributed by atoms with van der Waals surface area (Å²) in [5, 5.41) is 4.87. The van der Waals surface area contributed by atoms with Crippen LogP contribution < -0.4 is 10.2 Å². The molecule has 116 valence electrons. The largest absolute Gasteiger partial charge is 0.377 e. The third kappa shape index (κ3) is 2.96. The Hall–Kier alpha value is -0.650. The molecule has 1 aliphatic heterocycles. The van der Waals surface area contributed by atoms with Crippen molar-refractivity contribution in [2.24, 2.45) is 0 Å². The number of nitrogens with one attached hydrogen (secondary N) is 1. The standard InChI is InChI=1S/C16H25N3OS/c1-16(2)10-20-8-7-19(16)15-18-14(11-3-4-11)13(21-15)9-17-12-5-6-12/h11-12,17H,3-10H2,1-2H3. The van der Waals surface area contributed by atoms with Crippen molar-refractivity contribution >= 4 is 16.5 Å². The van der Waals surface area contributed by atoms with Crippen LogP contribution in [0, 0.1) is 0 Å². The first-order chi connectivity index (χ1) is 10.1. The fourth-order valence-electron chi connectivity index (χ4n) is 3.01. The molecule has 0 bridgehead atoms. The normalized spacial score (nSPS) is 25.3. The van der Waals surface area contributed by atoms with Gasteiger partial charge < -0.3 is 15.0 Å². The molecule has 0 atom stereocenters. The fraction of sp³-hybridized carbons (Fsp3) is 0.812. The molecule has 0 amide bonds. The number of morpholine rings is 1. The van der Waals surface area contributed by atoms with Crippen molar-refractivity contribution in [3.8, 4) is 0 Å². The van der Waals surface area contributed by atoms with Gasteiger partial charge >= 0.3 is 0 Å². The third-order valence-electron chi connectivity index (χ3n) is 4.69. The van der Waals surface area contributed by atoms with Gasteiger partial charge in [0.1, 0.15) is 0 Å². The van der Waals surface area contributed by atoms with Gasteiger partial charge in [0.2, 0.25) is 0 Å². The van der Waals surface area contributed by atoms with E-state index in [1.165, 1.54) is 41.4 Å². The third-order valence-corrected chi connectivity index (χ3v) is 5.78. The molecule has 1 saturated heterocycles. The molecule has 3 fully saturated rings. The van der Waals surface area contributed by atoms with E-state index in [1.54, 1.807) is 0 Å². The maximum Gasteiger partial charge on any atom is 0.186 e. The molecule has 0 unspecified atom stereocenters. The molecule has 0 spiro atoms. The van der Waals surface area contributed by atoms with Crippen molar-refractivity contribution in [2.75, 3.05) is 24.7 Å². The molecule has 1 aromatic rings. The van der Waals surface area contributed by atoms with Gasteiger partial charge in [-0.15, -0.1) is 11.3 Å². The summed E-state index contributed by atoms with van der Waals surface area (Å²) in [5.74, 6) is 0.732. The number of hydrogen-bond acceptors (Lipinski definition) is 5. The Bertz CT molecular complexity index is 520. The zero-order valence-electron chi connectivity index (χ0n) is 13.0. The van der Waals surface area contributed by atoms with Gasteiger partial charge in [-0.05, 0) is 39.5 Å². The fourth-order valence-corrected chi connectivity index (χ4v) is 4.29. The number of nitrogens with zero attached hydrogens (tertiary/aromatic N) is 2.